The number of nitrogens with one attached hydrogen (secondary N) is 1. The van der Waals surface area contributed by atoms with E-state index in [2.05, 4.69) is 15.5 Å². The monoisotopic (exact) mass is 338 g/mol. The van der Waals surface area contributed by atoms with E-state index < -0.39 is 0 Å². The molecule has 0 fully saturated rings. The second-order valence-corrected chi connectivity index (χ2v) is 7.02. The highest BCUT2D eigenvalue weighted by atomic mass is 32.1. The number of hydrogen-bond donors (Lipinski definition) is 2. The Hall–Kier alpha value is -2.47. The highest BCUT2D eigenvalue weighted by Gasteiger charge is 2.23. The van der Waals surface area contributed by atoms with Crippen molar-refractivity contribution in [3.63, 3.8) is 0 Å². The number of amides is 1. The first-order chi connectivity index (χ1) is 11.7. The second kappa shape index (κ2) is 6.20. The van der Waals surface area contributed by atoms with E-state index in [0.29, 0.717) is 17.1 Å². The predicted molar refractivity (Wildman–Crippen MR) is 96.1 cm³/mol. The van der Waals surface area contributed by atoms with Gasteiger partial charge in [0.05, 0.1) is 11.4 Å². The van der Waals surface area contributed by atoms with Gasteiger partial charge in [0.1, 0.15) is 9.71 Å². The second-order valence-electron chi connectivity index (χ2n) is 6.03. The fourth-order valence-corrected chi connectivity index (χ4v) is 4.18. The SMILES string of the molecule is Nc1c(C(=O)NCc2ccccc2)sc2nnc3c(c12)CCCC3. The Bertz CT molecular complexity index is 904. The van der Waals surface area contributed by atoms with Crippen LogP contribution in [0.4, 0.5) is 5.69 Å². The molecule has 1 amide bonds. The first kappa shape index (κ1) is 15.1. The van der Waals surface area contributed by atoms with Crippen LogP contribution in [0.3, 0.4) is 0 Å². The van der Waals surface area contributed by atoms with Gasteiger partial charge in [-0.05, 0) is 36.8 Å². The highest BCUT2D eigenvalue weighted by Crippen LogP contribution is 2.37. The first-order valence-corrected chi connectivity index (χ1v) is 8.94. The molecule has 6 heteroatoms. The Labute approximate surface area is 143 Å². The molecule has 0 spiro atoms. The zero-order valence-electron chi connectivity index (χ0n) is 13.2. The van der Waals surface area contributed by atoms with Crippen LogP contribution in [0.5, 0.6) is 0 Å². The molecule has 2 heterocycles. The zero-order valence-corrected chi connectivity index (χ0v) is 14.0. The van der Waals surface area contributed by atoms with E-state index in [1.54, 1.807) is 0 Å². The number of nitrogens with two attached hydrogens (primary N) is 1. The molecule has 3 aromatic rings. The van der Waals surface area contributed by atoms with Crippen LogP contribution in [-0.4, -0.2) is 16.1 Å². The van der Waals surface area contributed by atoms with Gasteiger partial charge in [-0.1, -0.05) is 30.3 Å². The number of carbonyl (C=O) groups is 1. The number of thiophene rings is 1. The molecule has 122 valence electrons. The average molecular weight is 338 g/mol. The number of carbonyl (C=O) groups excluding carboxylic acids is 1. The first-order valence-electron chi connectivity index (χ1n) is 8.12. The maximum atomic E-state index is 12.5. The van der Waals surface area contributed by atoms with Crippen molar-refractivity contribution in [1.29, 1.82) is 0 Å². The molecule has 0 aliphatic heterocycles. The van der Waals surface area contributed by atoms with Gasteiger partial charge in [-0.15, -0.1) is 16.4 Å². The maximum Gasteiger partial charge on any atom is 0.263 e. The van der Waals surface area contributed by atoms with Crippen molar-refractivity contribution in [3.8, 4) is 0 Å². The molecule has 1 aromatic carbocycles. The lowest BCUT2D eigenvalue weighted by Gasteiger charge is -2.14. The summed E-state index contributed by atoms with van der Waals surface area (Å²) in [5.74, 6) is -0.149. The molecule has 1 aliphatic carbocycles. The molecule has 0 saturated carbocycles. The van der Waals surface area contributed by atoms with Gasteiger partial charge in [-0.2, -0.15) is 5.10 Å². The van der Waals surface area contributed by atoms with Crippen molar-refractivity contribution in [2.75, 3.05) is 5.73 Å². The topological polar surface area (TPSA) is 80.9 Å². The van der Waals surface area contributed by atoms with E-state index in [-0.39, 0.29) is 5.91 Å². The van der Waals surface area contributed by atoms with E-state index in [4.69, 9.17) is 5.73 Å². The number of rotatable bonds is 3. The number of hydrogen-bond acceptors (Lipinski definition) is 5. The number of nitrogen functional groups attached to an aromatic ring is 1. The highest BCUT2D eigenvalue weighted by molar-refractivity contribution is 7.21. The summed E-state index contributed by atoms with van der Waals surface area (Å²) in [6, 6.07) is 9.83. The van der Waals surface area contributed by atoms with Gasteiger partial charge in [-0.3, -0.25) is 4.79 Å². The number of benzene rings is 1. The van der Waals surface area contributed by atoms with Crippen LogP contribution in [0.15, 0.2) is 30.3 Å². The normalized spacial score (nSPS) is 13.7. The molecule has 0 bridgehead atoms. The predicted octanol–water partition coefficient (Wildman–Crippen LogP) is 3.08. The standard InChI is InChI=1S/C18H18N4OS/c19-15-14-12-8-4-5-9-13(12)21-22-18(14)24-16(15)17(23)20-10-11-6-2-1-3-7-11/h1-3,6-7H,4-5,8-10,19H2,(H,20,23). The third kappa shape index (κ3) is 2.63. The fourth-order valence-electron chi connectivity index (χ4n) is 3.20. The molecule has 5 nitrogen and oxygen atoms in total. The van der Waals surface area contributed by atoms with Gasteiger partial charge in [0.2, 0.25) is 0 Å². The minimum absolute atomic E-state index is 0.149. The van der Waals surface area contributed by atoms with Crippen molar-refractivity contribution in [3.05, 3.63) is 52.0 Å². The van der Waals surface area contributed by atoms with Gasteiger partial charge in [-0.25, -0.2) is 0 Å². The Morgan fingerprint density at radius 1 is 1.17 bits per heavy atom. The largest absolute Gasteiger partial charge is 0.397 e. The number of aromatic nitrogens is 2. The van der Waals surface area contributed by atoms with Crippen molar-refractivity contribution in [2.45, 2.75) is 32.2 Å². The van der Waals surface area contributed by atoms with Crippen LogP contribution in [0.1, 0.15) is 39.3 Å². The Morgan fingerprint density at radius 3 is 2.79 bits per heavy atom. The van der Waals surface area contributed by atoms with Crippen molar-refractivity contribution in [1.82, 2.24) is 15.5 Å². The van der Waals surface area contributed by atoms with Crippen LogP contribution < -0.4 is 11.1 Å². The van der Waals surface area contributed by atoms with Gasteiger partial charge in [0, 0.05) is 11.9 Å². The van der Waals surface area contributed by atoms with E-state index in [1.807, 2.05) is 30.3 Å². The van der Waals surface area contributed by atoms with Crippen LogP contribution in [0.2, 0.25) is 0 Å². The minimum Gasteiger partial charge on any atom is -0.397 e. The van der Waals surface area contributed by atoms with E-state index >= 15 is 0 Å². The molecule has 2 aromatic heterocycles. The fraction of sp³-hybridized carbons (Fsp3) is 0.278. The third-order valence-electron chi connectivity index (χ3n) is 4.43. The summed E-state index contributed by atoms with van der Waals surface area (Å²) in [6.45, 7) is 0.483. The summed E-state index contributed by atoms with van der Waals surface area (Å²) in [5.41, 5.74) is 10.1. The quantitative estimate of drug-likeness (QED) is 0.769. The molecule has 1 aliphatic rings. The molecule has 0 unspecified atom stereocenters. The average Bonchev–Trinajstić information content (AvgIpc) is 2.98. The smallest absolute Gasteiger partial charge is 0.263 e. The summed E-state index contributed by atoms with van der Waals surface area (Å²) in [4.78, 5) is 13.8. The summed E-state index contributed by atoms with van der Waals surface area (Å²) in [7, 11) is 0. The molecular weight excluding hydrogens is 320 g/mol. The minimum atomic E-state index is -0.149. The van der Waals surface area contributed by atoms with Crippen LogP contribution in [0.25, 0.3) is 10.2 Å². The molecule has 0 radical (unpaired) electrons. The molecule has 4 rings (SSSR count). The van der Waals surface area contributed by atoms with Crippen LogP contribution >= 0.6 is 11.3 Å². The Morgan fingerprint density at radius 2 is 1.96 bits per heavy atom. The number of anilines is 1. The van der Waals surface area contributed by atoms with E-state index in [0.717, 1.165) is 47.2 Å². The summed E-state index contributed by atoms with van der Waals surface area (Å²) >= 11 is 1.33. The van der Waals surface area contributed by atoms with Crippen molar-refractivity contribution in [2.24, 2.45) is 0 Å². The summed E-state index contributed by atoms with van der Waals surface area (Å²) in [5, 5.41) is 12.5. The molecule has 0 atom stereocenters. The van der Waals surface area contributed by atoms with Crippen LogP contribution in [0, 0.1) is 0 Å². The lowest BCUT2D eigenvalue weighted by atomic mass is 9.94. The summed E-state index contributed by atoms with van der Waals surface area (Å²) in [6.07, 6.45) is 4.19. The van der Waals surface area contributed by atoms with Gasteiger partial charge in [0.25, 0.3) is 5.91 Å². The van der Waals surface area contributed by atoms with Gasteiger partial charge in [0.15, 0.2) is 0 Å². The molecule has 3 N–H and O–H groups in total. The maximum absolute atomic E-state index is 12.5. The Balaban J connectivity index is 1.64. The van der Waals surface area contributed by atoms with Gasteiger partial charge < -0.3 is 11.1 Å². The van der Waals surface area contributed by atoms with Crippen molar-refractivity contribution >= 4 is 33.1 Å². The van der Waals surface area contributed by atoms with Gasteiger partial charge >= 0.3 is 0 Å². The van der Waals surface area contributed by atoms with E-state index in [1.165, 1.54) is 16.9 Å². The molecular formula is C18H18N4OS. The number of fused-ring (bicyclic) bond motifs is 3. The van der Waals surface area contributed by atoms with E-state index in [9.17, 15) is 4.79 Å². The van der Waals surface area contributed by atoms with Crippen molar-refractivity contribution < 1.29 is 4.79 Å². The number of aryl methyl sites for hydroxylation is 2. The number of nitrogens with zero attached hydrogens (tertiary/aromatic N) is 2. The Kier molecular flexibility index (Phi) is 3.90. The molecule has 24 heavy (non-hydrogen) atoms. The summed E-state index contributed by atoms with van der Waals surface area (Å²) < 4.78 is 0. The zero-order chi connectivity index (χ0) is 16.5. The van der Waals surface area contributed by atoms with Crippen LogP contribution in [-0.2, 0) is 19.4 Å². The lowest BCUT2D eigenvalue weighted by molar-refractivity contribution is 0.0956. The molecule has 0 saturated heterocycles. The third-order valence-corrected chi connectivity index (χ3v) is 5.52. The lowest BCUT2D eigenvalue weighted by Crippen LogP contribution is -2.22.